The van der Waals surface area contributed by atoms with E-state index in [2.05, 4.69) is 37.9 Å². The molecule has 2 aromatic heterocycles. The van der Waals surface area contributed by atoms with E-state index in [9.17, 15) is 4.79 Å². The van der Waals surface area contributed by atoms with Gasteiger partial charge in [0.15, 0.2) is 0 Å². The first-order valence-electron chi connectivity index (χ1n) is 9.50. The number of rotatable bonds is 3. The Hall–Kier alpha value is -2.11. The summed E-state index contributed by atoms with van der Waals surface area (Å²) in [7, 11) is 2.16. The Morgan fingerprint density at radius 2 is 2.08 bits per heavy atom. The van der Waals surface area contributed by atoms with Crippen molar-refractivity contribution in [1.29, 1.82) is 0 Å². The molecular weight excluding hydrogens is 314 g/mol. The van der Waals surface area contributed by atoms with Crippen LogP contribution < -0.4 is 4.90 Å². The minimum Gasteiger partial charge on any atom is -0.356 e. The van der Waals surface area contributed by atoms with Crippen molar-refractivity contribution >= 4 is 22.8 Å². The number of H-pyrrole nitrogens is 1. The van der Waals surface area contributed by atoms with E-state index in [4.69, 9.17) is 0 Å². The standard InChI is InChI=1S/C19H25N5O/c1-23(18-16-4-6-20-17(16)21-11-22-18)15-8-13-5-7-24(10-14(13)9-15)19(25)12-2-3-12/h4,6,11-15H,2-3,5,7-10H2,1H3,(H,20,21,22)/t13-,14-,15+/m0/s1. The van der Waals surface area contributed by atoms with Gasteiger partial charge in [-0.15, -0.1) is 0 Å². The lowest BCUT2D eigenvalue weighted by atomic mass is 9.88. The van der Waals surface area contributed by atoms with Gasteiger partial charge in [-0.05, 0) is 50.0 Å². The number of carbonyl (C=O) groups is 1. The van der Waals surface area contributed by atoms with Gasteiger partial charge in [-0.2, -0.15) is 0 Å². The second-order valence-electron chi connectivity index (χ2n) is 8.04. The maximum atomic E-state index is 12.4. The van der Waals surface area contributed by atoms with Gasteiger partial charge in [-0.1, -0.05) is 0 Å². The number of carbonyl (C=O) groups excluding carboxylic acids is 1. The number of nitrogens with zero attached hydrogens (tertiary/aromatic N) is 4. The van der Waals surface area contributed by atoms with Crippen molar-refractivity contribution in [3.05, 3.63) is 18.6 Å². The molecule has 1 aliphatic heterocycles. The number of likely N-dealkylation sites (tertiary alicyclic amines) is 1. The minimum atomic E-state index is 0.347. The Balaban J connectivity index is 1.31. The highest BCUT2D eigenvalue weighted by atomic mass is 16.2. The maximum Gasteiger partial charge on any atom is 0.225 e. The molecule has 0 radical (unpaired) electrons. The summed E-state index contributed by atoms with van der Waals surface area (Å²) in [4.78, 5) is 28.9. The van der Waals surface area contributed by atoms with E-state index in [1.807, 2.05) is 6.20 Å². The van der Waals surface area contributed by atoms with Crippen LogP contribution in [0.15, 0.2) is 18.6 Å². The maximum absolute atomic E-state index is 12.4. The van der Waals surface area contributed by atoms with E-state index < -0.39 is 0 Å². The van der Waals surface area contributed by atoms with Crippen molar-refractivity contribution in [2.75, 3.05) is 25.0 Å². The monoisotopic (exact) mass is 339 g/mol. The Labute approximate surface area is 147 Å². The lowest BCUT2D eigenvalue weighted by Gasteiger charge is -2.35. The van der Waals surface area contributed by atoms with Gasteiger partial charge in [0.05, 0.1) is 5.39 Å². The van der Waals surface area contributed by atoms with Gasteiger partial charge < -0.3 is 14.8 Å². The van der Waals surface area contributed by atoms with Crippen molar-refractivity contribution < 1.29 is 4.79 Å². The molecule has 2 aromatic rings. The highest BCUT2D eigenvalue weighted by Gasteiger charge is 2.43. The van der Waals surface area contributed by atoms with Gasteiger partial charge in [0.1, 0.15) is 17.8 Å². The predicted octanol–water partition coefficient (Wildman–Crippen LogP) is 2.43. The largest absolute Gasteiger partial charge is 0.356 e. The predicted molar refractivity (Wildman–Crippen MR) is 96.2 cm³/mol. The Morgan fingerprint density at radius 1 is 1.24 bits per heavy atom. The summed E-state index contributed by atoms with van der Waals surface area (Å²) >= 11 is 0. The fraction of sp³-hybridized carbons (Fsp3) is 0.632. The first-order valence-corrected chi connectivity index (χ1v) is 9.50. The summed E-state index contributed by atoms with van der Waals surface area (Å²) in [5.41, 5.74) is 0.897. The first kappa shape index (κ1) is 15.2. The Kier molecular flexibility index (Phi) is 3.47. The number of nitrogens with one attached hydrogen (secondary N) is 1. The number of aromatic amines is 1. The highest BCUT2D eigenvalue weighted by Crippen LogP contribution is 2.42. The second-order valence-corrected chi connectivity index (χ2v) is 8.04. The molecule has 132 valence electrons. The zero-order valence-electron chi connectivity index (χ0n) is 14.7. The lowest BCUT2D eigenvalue weighted by Crippen LogP contribution is -2.42. The molecule has 0 spiro atoms. The van der Waals surface area contributed by atoms with Crippen LogP contribution in [0.4, 0.5) is 5.82 Å². The van der Waals surface area contributed by atoms with Gasteiger partial charge in [0.25, 0.3) is 0 Å². The summed E-state index contributed by atoms with van der Waals surface area (Å²) in [6, 6.07) is 2.55. The zero-order chi connectivity index (χ0) is 17.0. The molecule has 3 atom stereocenters. The third-order valence-electron chi connectivity index (χ3n) is 6.49. The van der Waals surface area contributed by atoms with E-state index in [1.54, 1.807) is 6.33 Å². The molecule has 2 aliphatic carbocycles. The molecule has 6 nitrogen and oxygen atoms in total. The summed E-state index contributed by atoms with van der Waals surface area (Å²) in [6.45, 7) is 1.93. The number of hydrogen-bond donors (Lipinski definition) is 1. The number of fused-ring (bicyclic) bond motifs is 2. The summed E-state index contributed by atoms with van der Waals surface area (Å²) in [5, 5.41) is 1.09. The fourth-order valence-electron chi connectivity index (χ4n) is 4.87. The number of anilines is 1. The third kappa shape index (κ3) is 2.58. The van der Waals surface area contributed by atoms with Crippen molar-refractivity contribution in [3.63, 3.8) is 0 Å². The Bertz CT molecular complexity index is 798. The zero-order valence-corrected chi connectivity index (χ0v) is 14.7. The summed E-state index contributed by atoms with van der Waals surface area (Å²) in [6.07, 6.45) is 9.31. The average Bonchev–Trinajstić information content (AvgIpc) is 3.21. The minimum absolute atomic E-state index is 0.347. The number of aromatic nitrogens is 3. The first-order chi connectivity index (χ1) is 12.2. The fourth-order valence-corrected chi connectivity index (χ4v) is 4.87. The Morgan fingerprint density at radius 3 is 2.92 bits per heavy atom. The molecular formula is C19H25N5O. The number of amides is 1. The lowest BCUT2D eigenvalue weighted by molar-refractivity contribution is -0.134. The van der Waals surface area contributed by atoms with E-state index in [0.717, 1.165) is 61.5 Å². The van der Waals surface area contributed by atoms with Gasteiger partial charge >= 0.3 is 0 Å². The molecule has 5 rings (SSSR count). The second kappa shape index (κ2) is 5.71. The molecule has 3 heterocycles. The van der Waals surface area contributed by atoms with Crippen LogP contribution in [-0.2, 0) is 4.79 Å². The van der Waals surface area contributed by atoms with Crippen molar-refractivity contribution in [2.24, 2.45) is 17.8 Å². The quantitative estimate of drug-likeness (QED) is 0.933. The summed E-state index contributed by atoms with van der Waals surface area (Å²) in [5.74, 6) is 3.17. The number of piperidine rings is 1. The molecule has 25 heavy (non-hydrogen) atoms. The molecule has 0 bridgehead atoms. The van der Waals surface area contributed by atoms with E-state index in [1.165, 1.54) is 6.42 Å². The van der Waals surface area contributed by atoms with Crippen LogP contribution in [0.3, 0.4) is 0 Å². The molecule has 0 unspecified atom stereocenters. The van der Waals surface area contributed by atoms with Crippen LogP contribution in [0.5, 0.6) is 0 Å². The molecule has 3 fully saturated rings. The van der Waals surface area contributed by atoms with Crippen molar-refractivity contribution in [2.45, 2.75) is 38.1 Å². The molecule has 2 saturated carbocycles. The summed E-state index contributed by atoms with van der Waals surface area (Å²) < 4.78 is 0. The van der Waals surface area contributed by atoms with Gasteiger partial charge in [0.2, 0.25) is 5.91 Å². The SMILES string of the molecule is CN(c1ncnc2[nH]ccc12)[C@@H]1C[C@@H]2CCN(C(=O)C3CC3)C[C@@H]2C1. The van der Waals surface area contributed by atoms with Crippen molar-refractivity contribution in [1.82, 2.24) is 19.9 Å². The normalized spacial score (nSPS) is 29.0. The van der Waals surface area contributed by atoms with Crippen LogP contribution in [-0.4, -0.2) is 51.9 Å². The van der Waals surface area contributed by atoms with E-state index in [-0.39, 0.29) is 0 Å². The van der Waals surface area contributed by atoms with Gasteiger partial charge in [0, 0.05) is 38.3 Å². The van der Waals surface area contributed by atoms with Gasteiger partial charge in [-0.25, -0.2) is 9.97 Å². The highest BCUT2D eigenvalue weighted by molar-refractivity contribution is 5.87. The molecule has 1 N–H and O–H groups in total. The van der Waals surface area contributed by atoms with Gasteiger partial charge in [-0.3, -0.25) is 4.79 Å². The smallest absolute Gasteiger partial charge is 0.225 e. The topological polar surface area (TPSA) is 65.1 Å². The van der Waals surface area contributed by atoms with Crippen LogP contribution in [0.2, 0.25) is 0 Å². The van der Waals surface area contributed by atoms with Crippen LogP contribution >= 0.6 is 0 Å². The van der Waals surface area contributed by atoms with E-state index >= 15 is 0 Å². The van der Waals surface area contributed by atoms with E-state index in [0.29, 0.717) is 23.8 Å². The molecule has 6 heteroatoms. The third-order valence-corrected chi connectivity index (χ3v) is 6.49. The number of hydrogen-bond acceptors (Lipinski definition) is 4. The molecule has 1 amide bonds. The van der Waals surface area contributed by atoms with Crippen LogP contribution in [0.25, 0.3) is 11.0 Å². The molecule has 0 aromatic carbocycles. The molecule has 1 saturated heterocycles. The average molecular weight is 339 g/mol. The van der Waals surface area contributed by atoms with Crippen LogP contribution in [0.1, 0.15) is 32.1 Å². The molecule has 3 aliphatic rings. The van der Waals surface area contributed by atoms with Crippen LogP contribution in [0, 0.1) is 17.8 Å². The van der Waals surface area contributed by atoms with Crippen molar-refractivity contribution in [3.8, 4) is 0 Å².